The Balaban J connectivity index is 1.28. The molecule has 2 heterocycles. The summed E-state index contributed by atoms with van der Waals surface area (Å²) in [7, 11) is 2.21. The average Bonchev–Trinajstić information content (AvgIpc) is 3.14. The van der Waals surface area contributed by atoms with Crippen LogP contribution in [0, 0.1) is 5.92 Å². The lowest BCUT2D eigenvalue weighted by Crippen LogP contribution is -2.64. The Labute approximate surface area is 182 Å². The van der Waals surface area contributed by atoms with Gasteiger partial charge in [0, 0.05) is 22.9 Å². The fourth-order valence-electron chi connectivity index (χ4n) is 6.18. The van der Waals surface area contributed by atoms with Gasteiger partial charge in [-0.05, 0) is 43.6 Å². The van der Waals surface area contributed by atoms with Crippen LogP contribution in [0.3, 0.4) is 0 Å². The minimum atomic E-state index is -0.610. The van der Waals surface area contributed by atoms with Crippen LogP contribution in [-0.2, 0) is 16.7 Å². The van der Waals surface area contributed by atoms with Gasteiger partial charge in [0.2, 0.25) is 5.75 Å². The molecule has 0 amide bonds. The Morgan fingerprint density at radius 1 is 1.19 bits per heavy atom. The predicted octanol–water partition coefficient (Wildman–Crippen LogP) is 3.52. The lowest BCUT2D eigenvalue weighted by molar-refractivity contribution is -0.196. The van der Waals surface area contributed by atoms with Crippen molar-refractivity contribution in [2.75, 3.05) is 20.2 Å². The summed E-state index contributed by atoms with van der Waals surface area (Å²) in [6, 6.07) is 14.6. The van der Waals surface area contributed by atoms with Crippen LogP contribution >= 0.6 is 0 Å². The Bertz CT molecular complexity index is 1050. The van der Waals surface area contributed by atoms with Crippen molar-refractivity contribution in [2.24, 2.45) is 5.92 Å². The summed E-state index contributed by atoms with van der Waals surface area (Å²) in [5, 5.41) is 10.8. The summed E-state index contributed by atoms with van der Waals surface area (Å²) in [5.74, 6) is 1.70. The first-order valence-corrected chi connectivity index (χ1v) is 11.1. The molecule has 1 spiro atoms. The molecule has 0 saturated carbocycles. The van der Waals surface area contributed by atoms with Crippen molar-refractivity contribution in [1.82, 2.24) is 4.90 Å². The number of piperidine rings is 1. The third-order valence-electron chi connectivity index (χ3n) is 7.56. The van der Waals surface area contributed by atoms with Gasteiger partial charge >= 0.3 is 0 Å². The fraction of sp³-hybridized carbons (Fsp3) is 0.385. The third kappa shape index (κ3) is 2.80. The minimum Gasteiger partial charge on any atom is -0.482 e. The molecule has 1 saturated heterocycles. The molecule has 4 aliphatic rings. The quantitative estimate of drug-likeness (QED) is 0.349. The zero-order valence-corrected chi connectivity index (χ0v) is 17.6. The largest absolute Gasteiger partial charge is 0.482 e. The number of aliphatic hydroxyl groups is 1. The van der Waals surface area contributed by atoms with Crippen molar-refractivity contribution in [3.8, 4) is 11.5 Å². The maximum Gasteiger partial charge on any atom is 0.207 e. The molecule has 2 bridgehead atoms. The lowest BCUT2D eigenvalue weighted by Gasteiger charge is -2.56. The van der Waals surface area contributed by atoms with Gasteiger partial charge in [0.1, 0.15) is 18.8 Å². The smallest absolute Gasteiger partial charge is 0.207 e. The number of benzene rings is 2. The van der Waals surface area contributed by atoms with Crippen LogP contribution in [0.1, 0.15) is 23.1 Å². The molecule has 2 aliphatic carbocycles. The molecule has 6 rings (SSSR count). The maximum absolute atomic E-state index is 10.8. The summed E-state index contributed by atoms with van der Waals surface area (Å²) in [5.41, 5.74) is 3.48. The molecule has 0 unspecified atom stereocenters. The first kappa shape index (κ1) is 19.1. The minimum absolute atomic E-state index is 0.180. The predicted molar refractivity (Wildman–Crippen MR) is 118 cm³/mol. The van der Waals surface area contributed by atoms with Crippen LogP contribution in [0.15, 0.2) is 60.7 Å². The van der Waals surface area contributed by atoms with Crippen molar-refractivity contribution in [2.45, 2.75) is 36.5 Å². The zero-order chi connectivity index (χ0) is 21.0. The fourth-order valence-corrected chi connectivity index (χ4v) is 6.18. The first-order chi connectivity index (χ1) is 15.2. The number of hydrogen-bond acceptors (Lipinski definition) is 5. The van der Waals surface area contributed by atoms with Crippen molar-refractivity contribution < 1.29 is 19.6 Å². The van der Waals surface area contributed by atoms with E-state index in [2.05, 4.69) is 24.1 Å². The highest BCUT2D eigenvalue weighted by Gasteiger charge is 2.64. The van der Waals surface area contributed by atoms with Gasteiger partial charge in [0.15, 0.2) is 5.75 Å². The van der Waals surface area contributed by atoms with Crippen molar-refractivity contribution >= 4 is 6.08 Å². The molecule has 31 heavy (non-hydrogen) atoms. The van der Waals surface area contributed by atoms with E-state index in [0.717, 1.165) is 30.7 Å². The number of likely N-dealkylation sites (N-methyl/N-ethyl adjacent to an activating group) is 1. The molecule has 1 fully saturated rings. The third-order valence-corrected chi connectivity index (χ3v) is 7.56. The summed E-state index contributed by atoms with van der Waals surface area (Å²) in [4.78, 5) is 13.7. The van der Waals surface area contributed by atoms with Gasteiger partial charge in [-0.3, -0.25) is 0 Å². The second-order valence-electron chi connectivity index (χ2n) is 9.09. The van der Waals surface area contributed by atoms with Gasteiger partial charge in [-0.2, -0.15) is 4.89 Å². The molecule has 5 heteroatoms. The molecule has 2 aromatic rings. The summed E-state index contributed by atoms with van der Waals surface area (Å²) in [6.45, 7) is 1.34. The van der Waals surface area contributed by atoms with Gasteiger partial charge < -0.3 is 19.6 Å². The number of rotatable bonds is 5. The van der Waals surface area contributed by atoms with Crippen molar-refractivity contribution in [1.29, 1.82) is 0 Å². The van der Waals surface area contributed by atoms with E-state index in [1.807, 2.05) is 54.6 Å². The van der Waals surface area contributed by atoms with Crippen LogP contribution in [-0.4, -0.2) is 48.5 Å². The topological polar surface area (TPSA) is 51.2 Å². The molecular weight excluding hydrogens is 390 g/mol. The van der Waals surface area contributed by atoms with Crippen LogP contribution in [0.5, 0.6) is 11.5 Å². The van der Waals surface area contributed by atoms with Gasteiger partial charge in [-0.1, -0.05) is 60.7 Å². The molecule has 0 aromatic heterocycles. The van der Waals surface area contributed by atoms with Crippen LogP contribution in [0.2, 0.25) is 0 Å². The monoisotopic (exact) mass is 417 g/mol. The standard InChI is InChI=1S/C26H27NO4/c1-27-14-13-26-19-10-11-21(28)25(26)30-24-22(12-9-18(23(24)26)16-20(19)27)31-29-15-5-8-17-6-3-2-4-7-17/h2-12,19-21,25,28H,13-16H2,1H3/t19-,20+,21-,25-,26-/m0/s1. The summed E-state index contributed by atoms with van der Waals surface area (Å²) >= 11 is 0. The van der Waals surface area contributed by atoms with E-state index in [4.69, 9.17) is 14.5 Å². The van der Waals surface area contributed by atoms with E-state index in [-0.39, 0.29) is 11.5 Å². The zero-order valence-electron chi connectivity index (χ0n) is 17.6. The average molecular weight is 418 g/mol. The highest BCUT2D eigenvalue weighted by atomic mass is 17.2. The molecule has 160 valence electrons. The maximum atomic E-state index is 10.8. The van der Waals surface area contributed by atoms with E-state index in [1.54, 1.807) is 0 Å². The first-order valence-electron chi connectivity index (χ1n) is 11.1. The van der Waals surface area contributed by atoms with Gasteiger partial charge in [0.05, 0.1) is 0 Å². The van der Waals surface area contributed by atoms with Crippen LogP contribution in [0.25, 0.3) is 6.08 Å². The molecule has 2 aromatic carbocycles. The highest BCUT2D eigenvalue weighted by molar-refractivity contribution is 5.62. The molecule has 5 nitrogen and oxygen atoms in total. The lowest BCUT2D eigenvalue weighted by atomic mass is 9.53. The van der Waals surface area contributed by atoms with Crippen LogP contribution < -0.4 is 9.62 Å². The SMILES string of the molecule is CN1CC[C@]23c4c5ccc(OOCC=Cc6ccccc6)c4O[C@H]2[C@@H](O)C=C[C@H]3[C@H]1C5. The summed E-state index contributed by atoms with van der Waals surface area (Å²) < 4.78 is 6.44. The number of aliphatic hydroxyl groups excluding tert-OH is 1. The Morgan fingerprint density at radius 2 is 2.06 bits per heavy atom. The van der Waals surface area contributed by atoms with E-state index < -0.39 is 6.10 Å². The van der Waals surface area contributed by atoms with Crippen molar-refractivity contribution in [3.63, 3.8) is 0 Å². The number of hydrogen-bond donors (Lipinski definition) is 1. The Morgan fingerprint density at radius 3 is 2.94 bits per heavy atom. The number of nitrogens with zero attached hydrogens (tertiary/aromatic N) is 1. The Hall–Kier alpha value is -2.60. The number of ether oxygens (including phenoxy) is 1. The van der Waals surface area contributed by atoms with E-state index in [9.17, 15) is 5.11 Å². The van der Waals surface area contributed by atoms with Crippen LogP contribution in [0.4, 0.5) is 0 Å². The Kier molecular flexibility index (Phi) is 4.46. The van der Waals surface area contributed by atoms with E-state index in [0.29, 0.717) is 24.3 Å². The molecule has 1 N–H and O–H groups in total. The van der Waals surface area contributed by atoms with Crippen molar-refractivity contribution in [3.05, 3.63) is 77.4 Å². The molecule has 5 atom stereocenters. The normalized spacial score (nSPS) is 32.7. The highest BCUT2D eigenvalue weighted by Crippen LogP contribution is 2.62. The second kappa shape index (κ2) is 7.23. The van der Waals surface area contributed by atoms with Gasteiger partial charge in [-0.15, -0.1) is 0 Å². The van der Waals surface area contributed by atoms with Gasteiger partial charge in [-0.25, -0.2) is 0 Å². The molecule has 2 aliphatic heterocycles. The van der Waals surface area contributed by atoms with E-state index in [1.165, 1.54) is 11.1 Å². The number of likely N-dealkylation sites (tertiary alicyclic amines) is 1. The summed E-state index contributed by atoms with van der Waals surface area (Å²) in [6.07, 6.45) is 9.16. The van der Waals surface area contributed by atoms with E-state index >= 15 is 0 Å². The second-order valence-corrected chi connectivity index (χ2v) is 9.09. The molecular formula is C26H27NO4. The van der Waals surface area contributed by atoms with Gasteiger partial charge in [0.25, 0.3) is 0 Å². The molecule has 0 radical (unpaired) electrons.